The summed E-state index contributed by atoms with van der Waals surface area (Å²) in [6.07, 6.45) is -15.2. The third-order valence-corrected chi connectivity index (χ3v) is 2.31. The first-order chi connectivity index (χ1) is 8.54. The van der Waals surface area contributed by atoms with Crippen molar-refractivity contribution < 1.29 is 31.1 Å². The lowest BCUT2D eigenvalue weighted by Crippen LogP contribution is -2.46. The molecule has 0 saturated heterocycles. The number of ether oxygens (including phenoxy) is 1. The Morgan fingerprint density at radius 2 is 1.58 bits per heavy atom. The van der Waals surface area contributed by atoms with E-state index in [9.17, 15) is 26.3 Å². The summed E-state index contributed by atoms with van der Waals surface area (Å²) in [7, 11) is 0. The fourth-order valence-electron chi connectivity index (χ4n) is 1.15. The van der Waals surface area contributed by atoms with Crippen LogP contribution in [0, 0.1) is 11.3 Å². The number of nitrogens with zero attached hydrogens (tertiary/aromatic N) is 1. The van der Waals surface area contributed by atoms with Gasteiger partial charge in [0.2, 0.25) is 0 Å². The summed E-state index contributed by atoms with van der Waals surface area (Å²) in [6.45, 7) is 0. The molecule has 1 aromatic rings. The van der Waals surface area contributed by atoms with E-state index in [1.165, 1.54) is 6.07 Å². The molecule has 1 rings (SSSR count). The lowest BCUT2D eigenvalue weighted by Gasteiger charge is -2.24. The third kappa shape index (κ3) is 4.31. The minimum absolute atomic E-state index is 0.129. The number of rotatable bonds is 2. The van der Waals surface area contributed by atoms with E-state index in [1.807, 2.05) is 0 Å². The van der Waals surface area contributed by atoms with Crippen molar-refractivity contribution in [3.63, 3.8) is 0 Å². The first-order valence-electron chi connectivity index (χ1n) is 4.55. The van der Waals surface area contributed by atoms with Gasteiger partial charge in [0.1, 0.15) is 5.75 Å². The van der Waals surface area contributed by atoms with Gasteiger partial charge >= 0.3 is 12.4 Å². The summed E-state index contributed by atoms with van der Waals surface area (Å²) >= 11 is 2.85. The highest BCUT2D eigenvalue weighted by Crippen LogP contribution is 2.37. The first kappa shape index (κ1) is 15.6. The molecule has 0 radical (unpaired) electrons. The molecule has 0 amide bonds. The topological polar surface area (TPSA) is 33.0 Å². The fourth-order valence-corrected chi connectivity index (χ4v) is 1.62. The Balaban J connectivity index is 3.11. The SMILES string of the molecule is N#Cc1cc(Br)cc(OC(C(F)(F)F)C(F)(F)F)c1. The second-order valence-corrected chi connectivity index (χ2v) is 4.28. The van der Waals surface area contributed by atoms with Crippen molar-refractivity contribution in [3.05, 3.63) is 28.2 Å². The molecule has 19 heavy (non-hydrogen) atoms. The van der Waals surface area contributed by atoms with E-state index in [1.54, 1.807) is 6.07 Å². The molecule has 0 aliphatic heterocycles. The van der Waals surface area contributed by atoms with Crippen molar-refractivity contribution in [2.24, 2.45) is 0 Å². The predicted octanol–water partition coefficient (Wildman–Crippen LogP) is 4.19. The van der Waals surface area contributed by atoms with E-state index in [0.29, 0.717) is 0 Å². The Hall–Kier alpha value is -1.43. The van der Waals surface area contributed by atoms with Crippen LogP contribution in [0.15, 0.2) is 22.7 Å². The molecule has 104 valence electrons. The van der Waals surface area contributed by atoms with Gasteiger partial charge < -0.3 is 4.74 Å². The predicted molar refractivity (Wildman–Crippen MR) is 55.4 cm³/mol. The minimum atomic E-state index is -5.60. The van der Waals surface area contributed by atoms with E-state index < -0.39 is 24.2 Å². The Kier molecular flexibility index (Phi) is 4.35. The third-order valence-electron chi connectivity index (χ3n) is 1.85. The van der Waals surface area contributed by atoms with E-state index >= 15 is 0 Å². The van der Waals surface area contributed by atoms with E-state index in [4.69, 9.17) is 5.26 Å². The molecule has 0 heterocycles. The molecule has 0 fully saturated rings. The van der Waals surface area contributed by atoms with Crippen molar-refractivity contribution in [1.82, 2.24) is 0 Å². The fraction of sp³-hybridized carbons (Fsp3) is 0.300. The van der Waals surface area contributed by atoms with Crippen LogP contribution in [0.1, 0.15) is 5.56 Å². The summed E-state index contributed by atoms with van der Waals surface area (Å²) in [6, 6.07) is 4.51. The molecule has 0 unspecified atom stereocenters. The van der Waals surface area contributed by atoms with Crippen LogP contribution in [-0.2, 0) is 0 Å². The van der Waals surface area contributed by atoms with Crippen LogP contribution < -0.4 is 4.74 Å². The number of hydrogen-bond acceptors (Lipinski definition) is 2. The summed E-state index contributed by atoms with van der Waals surface area (Å²) in [5.41, 5.74) is -0.132. The van der Waals surface area contributed by atoms with Gasteiger partial charge in [0.15, 0.2) is 0 Å². The van der Waals surface area contributed by atoms with Gasteiger partial charge in [-0.1, -0.05) is 15.9 Å². The van der Waals surface area contributed by atoms with Crippen LogP contribution >= 0.6 is 15.9 Å². The molecule has 0 bridgehead atoms. The molecule has 0 aromatic heterocycles. The maximum atomic E-state index is 12.3. The number of nitriles is 1. The second-order valence-electron chi connectivity index (χ2n) is 3.37. The van der Waals surface area contributed by atoms with Crippen LogP contribution in [0.4, 0.5) is 26.3 Å². The Bertz CT molecular complexity index is 490. The molecule has 1 aromatic carbocycles. The Morgan fingerprint density at radius 3 is 2.00 bits per heavy atom. The highest BCUT2D eigenvalue weighted by atomic mass is 79.9. The zero-order chi connectivity index (χ0) is 14.8. The molecule has 0 saturated carbocycles. The molecule has 0 aliphatic carbocycles. The van der Waals surface area contributed by atoms with Gasteiger partial charge in [0.25, 0.3) is 6.10 Å². The van der Waals surface area contributed by atoms with Gasteiger partial charge in [-0.2, -0.15) is 31.6 Å². The lowest BCUT2D eigenvalue weighted by atomic mass is 10.2. The summed E-state index contributed by atoms with van der Waals surface area (Å²) in [5, 5.41) is 8.57. The van der Waals surface area contributed by atoms with Crippen LogP contribution in [0.2, 0.25) is 0 Å². The van der Waals surface area contributed by atoms with Crippen molar-refractivity contribution in [2.75, 3.05) is 0 Å². The van der Waals surface area contributed by atoms with Gasteiger partial charge in [-0.25, -0.2) is 0 Å². The monoisotopic (exact) mass is 347 g/mol. The van der Waals surface area contributed by atoms with Crippen LogP contribution in [0.5, 0.6) is 5.75 Å². The molecular weight excluding hydrogens is 344 g/mol. The normalized spacial score (nSPS) is 12.4. The average molecular weight is 348 g/mol. The first-order valence-corrected chi connectivity index (χ1v) is 5.34. The maximum Gasteiger partial charge on any atom is 0.434 e. The van der Waals surface area contributed by atoms with Crippen molar-refractivity contribution in [2.45, 2.75) is 18.5 Å². The molecule has 0 aliphatic rings. The molecule has 9 heteroatoms. The lowest BCUT2D eigenvalue weighted by molar-refractivity contribution is -0.299. The quantitative estimate of drug-likeness (QED) is 0.751. The maximum absolute atomic E-state index is 12.3. The Morgan fingerprint density at radius 1 is 1.05 bits per heavy atom. The number of hydrogen-bond donors (Lipinski definition) is 0. The van der Waals surface area contributed by atoms with Crippen LogP contribution in [0.25, 0.3) is 0 Å². The largest absolute Gasteiger partial charge is 0.471 e. The molecule has 0 spiro atoms. The zero-order valence-corrected chi connectivity index (χ0v) is 10.4. The Labute approximate surface area is 111 Å². The van der Waals surface area contributed by atoms with Gasteiger partial charge in [-0.3, -0.25) is 0 Å². The minimum Gasteiger partial charge on any atom is -0.471 e. The molecule has 0 N–H and O–H groups in total. The van der Waals surface area contributed by atoms with Crippen LogP contribution in [-0.4, -0.2) is 18.5 Å². The average Bonchev–Trinajstić information content (AvgIpc) is 2.22. The van der Waals surface area contributed by atoms with Crippen molar-refractivity contribution in [3.8, 4) is 11.8 Å². The zero-order valence-electron chi connectivity index (χ0n) is 8.81. The highest BCUT2D eigenvalue weighted by molar-refractivity contribution is 9.10. The standard InChI is InChI=1S/C10H4BrF6NO/c11-6-1-5(4-18)2-7(3-6)19-8(9(12,13)14)10(15,16)17/h1-3,8H. The second kappa shape index (κ2) is 5.28. The van der Waals surface area contributed by atoms with Gasteiger partial charge in [-0.15, -0.1) is 0 Å². The number of alkyl halides is 6. The highest BCUT2D eigenvalue weighted by Gasteiger charge is 2.59. The van der Waals surface area contributed by atoms with Gasteiger partial charge in [0.05, 0.1) is 11.6 Å². The summed E-state index contributed by atoms with van der Waals surface area (Å²) in [5.74, 6) is -0.703. The van der Waals surface area contributed by atoms with Crippen LogP contribution in [0.3, 0.4) is 0 Å². The van der Waals surface area contributed by atoms with Crippen molar-refractivity contribution >= 4 is 15.9 Å². The van der Waals surface area contributed by atoms with E-state index in [-0.39, 0.29) is 10.0 Å². The van der Waals surface area contributed by atoms with Gasteiger partial charge in [0, 0.05) is 4.47 Å². The smallest absolute Gasteiger partial charge is 0.434 e. The molecular formula is C10H4BrF6NO. The van der Waals surface area contributed by atoms with Crippen molar-refractivity contribution in [1.29, 1.82) is 5.26 Å². The number of halogens is 7. The number of benzene rings is 1. The molecule has 0 atom stereocenters. The molecule has 2 nitrogen and oxygen atoms in total. The van der Waals surface area contributed by atoms with Gasteiger partial charge in [-0.05, 0) is 18.2 Å². The summed E-state index contributed by atoms with van der Waals surface area (Å²) < 4.78 is 77.6. The van der Waals surface area contributed by atoms with E-state index in [0.717, 1.165) is 12.1 Å². The van der Waals surface area contributed by atoms with E-state index in [2.05, 4.69) is 20.7 Å². The summed E-state index contributed by atoms with van der Waals surface area (Å²) in [4.78, 5) is 0.